The van der Waals surface area contributed by atoms with E-state index in [-0.39, 0.29) is 0 Å². The fraction of sp³-hybridized carbons (Fsp3) is 0.0435. The molecule has 0 saturated carbocycles. The third-order valence-corrected chi connectivity index (χ3v) is 4.89. The Kier molecular flexibility index (Phi) is 2.65. The van der Waals surface area contributed by atoms with Gasteiger partial charge < -0.3 is 0 Å². The van der Waals surface area contributed by atoms with Crippen molar-refractivity contribution in [3.05, 3.63) is 90.0 Å². The zero-order chi connectivity index (χ0) is 15.2. The zero-order valence-corrected chi connectivity index (χ0v) is 12.8. The van der Waals surface area contributed by atoms with Crippen LogP contribution < -0.4 is 0 Å². The van der Waals surface area contributed by atoms with Crippen LogP contribution in [0.15, 0.2) is 78.9 Å². The van der Waals surface area contributed by atoms with Gasteiger partial charge in [-0.15, -0.1) is 0 Å². The van der Waals surface area contributed by atoms with E-state index in [0.29, 0.717) is 0 Å². The topological polar surface area (TPSA) is 0 Å². The lowest BCUT2D eigenvalue weighted by Gasteiger charge is -2.13. The van der Waals surface area contributed by atoms with Gasteiger partial charge >= 0.3 is 0 Å². The molecule has 0 aromatic heterocycles. The Morgan fingerprint density at radius 2 is 1.35 bits per heavy atom. The van der Waals surface area contributed by atoms with Crippen molar-refractivity contribution in [2.45, 2.75) is 6.42 Å². The number of hydrogen-bond donors (Lipinski definition) is 0. The van der Waals surface area contributed by atoms with Crippen molar-refractivity contribution in [1.82, 2.24) is 0 Å². The van der Waals surface area contributed by atoms with Crippen molar-refractivity contribution in [1.29, 1.82) is 0 Å². The van der Waals surface area contributed by atoms with Crippen molar-refractivity contribution in [2.24, 2.45) is 0 Å². The maximum Gasteiger partial charge on any atom is -0.00818 e. The van der Waals surface area contributed by atoms with Gasteiger partial charge in [0.2, 0.25) is 0 Å². The van der Waals surface area contributed by atoms with Gasteiger partial charge in [-0.25, -0.2) is 0 Å². The zero-order valence-electron chi connectivity index (χ0n) is 12.8. The molecule has 0 atom stereocenters. The van der Waals surface area contributed by atoms with Crippen LogP contribution in [0.25, 0.3) is 38.7 Å². The summed E-state index contributed by atoms with van der Waals surface area (Å²) in [6.07, 6.45) is 5.61. The molecule has 0 saturated heterocycles. The maximum absolute atomic E-state index is 2.35. The van der Waals surface area contributed by atoms with Gasteiger partial charge in [0.05, 0.1) is 0 Å². The van der Waals surface area contributed by atoms with Crippen molar-refractivity contribution in [3.8, 4) is 11.1 Å². The molecule has 1 aliphatic carbocycles. The van der Waals surface area contributed by atoms with E-state index in [1.165, 1.54) is 43.8 Å². The first-order valence-electron chi connectivity index (χ1n) is 8.11. The standard InChI is InChI=1S/C23H16/c1-2-7-16(8-3-1)17-13-14-22-20-12-6-11-19(20)18-9-4-5-10-21(18)23(22)15-17/h1-10,12-15H,11H2. The van der Waals surface area contributed by atoms with Gasteiger partial charge in [0.15, 0.2) is 0 Å². The van der Waals surface area contributed by atoms with Crippen LogP contribution in [-0.4, -0.2) is 0 Å². The molecule has 0 spiro atoms. The van der Waals surface area contributed by atoms with Crippen LogP contribution in [0.2, 0.25) is 0 Å². The van der Waals surface area contributed by atoms with Gasteiger partial charge in [-0.3, -0.25) is 0 Å². The molecule has 0 N–H and O–H groups in total. The summed E-state index contributed by atoms with van der Waals surface area (Å²) in [6.45, 7) is 0. The first-order chi connectivity index (χ1) is 11.4. The van der Waals surface area contributed by atoms with Crippen molar-refractivity contribution in [3.63, 3.8) is 0 Å². The molecule has 0 nitrogen and oxygen atoms in total. The summed E-state index contributed by atoms with van der Waals surface area (Å²) in [5, 5.41) is 5.48. The van der Waals surface area contributed by atoms with E-state index in [2.05, 4.69) is 84.9 Å². The average molecular weight is 292 g/mol. The monoisotopic (exact) mass is 292 g/mol. The molecule has 0 heteroatoms. The molecule has 0 heterocycles. The number of benzene rings is 4. The van der Waals surface area contributed by atoms with E-state index in [9.17, 15) is 0 Å². The van der Waals surface area contributed by atoms with Gasteiger partial charge in [-0.1, -0.05) is 78.9 Å². The minimum absolute atomic E-state index is 1.05. The Morgan fingerprint density at radius 3 is 2.22 bits per heavy atom. The average Bonchev–Trinajstić information content (AvgIpc) is 3.12. The summed E-state index contributed by atoms with van der Waals surface area (Å²) in [4.78, 5) is 0. The Bertz CT molecular complexity index is 1070. The largest absolute Gasteiger partial charge is 0.0795 e. The molecule has 0 fully saturated rings. The smallest absolute Gasteiger partial charge is 0.00818 e. The summed E-state index contributed by atoms with van der Waals surface area (Å²) < 4.78 is 0. The highest BCUT2D eigenvalue weighted by molar-refractivity contribution is 6.14. The van der Waals surface area contributed by atoms with Crippen molar-refractivity contribution in [2.75, 3.05) is 0 Å². The Labute approximate surface area is 135 Å². The molecule has 108 valence electrons. The van der Waals surface area contributed by atoms with Crippen LogP contribution in [0.3, 0.4) is 0 Å². The lowest BCUT2D eigenvalue weighted by molar-refractivity contribution is 1.35. The molecular weight excluding hydrogens is 276 g/mol. The van der Waals surface area contributed by atoms with Gasteiger partial charge in [0, 0.05) is 0 Å². The summed E-state index contributed by atoms with van der Waals surface area (Å²) in [5.41, 5.74) is 5.43. The molecule has 0 aliphatic heterocycles. The van der Waals surface area contributed by atoms with Crippen LogP contribution in [0, 0.1) is 0 Å². The molecule has 0 unspecified atom stereocenters. The Hall–Kier alpha value is -2.86. The number of fused-ring (bicyclic) bond motifs is 6. The first-order valence-corrected chi connectivity index (χ1v) is 8.11. The van der Waals surface area contributed by atoms with Crippen LogP contribution in [0.5, 0.6) is 0 Å². The van der Waals surface area contributed by atoms with Crippen molar-refractivity contribution >= 4 is 27.6 Å². The third-order valence-electron chi connectivity index (χ3n) is 4.89. The second-order valence-electron chi connectivity index (χ2n) is 6.17. The van der Waals surface area contributed by atoms with E-state index in [4.69, 9.17) is 0 Å². The summed E-state index contributed by atoms with van der Waals surface area (Å²) in [7, 11) is 0. The number of allylic oxidation sites excluding steroid dienone is 1. The van der Waals surface area contributed by atoms with Crippen LogP contribution in [0.1, 0.15) is 11.1 Å². The Balaban J connectivity index is 1.91. The number of rotatable bonds is 1. The van der Waals surface area contributed by atoms with E-state index < -0.39 is 0 Å². The second kappa shape index (κ2) is 4.82. The van der Waals surface area contributed by atoms with Crippen LogP contribution >= 0.6 is 0 Å². The lowest BCUT2D eigenvalue weighted by Crippen LogP contribution is -1.89. The molecular formula is C23H16. The normalized spacial score (nSPS) is 12.9. The van der Waals surface area contributed by atoms with Gasteiger partial charge in [0.25, 0.3) is 0 Å². The van der Waals surface area contributed by atoms with E-state index >= 15 is 0 Å². The third kappa shape index (κ3) is 1.85. The SMILES string of the molecule is C1=Cc2c(c3ccccc3c3cc(-c4ccccc4)ccc23)C1. The maximum atomic E-state index is 2.35. The van der Waals surface area contributed by atoms with E-state index in [1.807, 2.05) is 0 Å². The van der Waals surface area contributed by atoms with Crippen molar-refractivity contribution < 1.29 is 0 Å². The lowest BCUT2D eigenvalue weighted by atomic mass is 9.91. The van der Waals surface area contributed by atoms with Crippen LogP contribution in [0.4, 0.5) is 0 Å². The van der Waals surface area contributed by atoms with Crippen LogP contribution in [-0.2, 0) is 6.42 Å². The molecule has 0 radical (unpaired) electrons. The highest BCUT2D eigenvalue weighted by Crippen LogP contribution is 2.38. The fourth-order valence-electron chi connectivity index (χ4n) is 3.81. The minimum Gasteiger partial charge on any atom is -0.0795 e. The first kappa shape index (κ1) is 12.7. The minimum atomic E-state index is 1.05. The highest BCUT2D eigenvalue weighted by Gasteiger charge is 2.15. The summed E-state index contributed by atoms with van der Waals surface area (Å²) >= 11 is 0. The predicted octanol–water partition coefficient (Wildman–Crippen LogP) is 6.23. The van der Waals surface area contributed by atoms with E-state index in [0.717, 1.165) is 6.42 Å². The van der Waals surface area contributed by atoms with Gasteiger partial charge in [-0.05, 0) is 56.3 Å². The number of hydrogen-bond acceptors (Lipinski definition) is 0. The molecule has 0 bridgehead atoms. The predicted molar refractivity (Wildman–Crippen MR) is 99.6 cm³/mol. The highest BCUT2D eigenvalue weighted by atomic mass is 14.2. The molecule has 1 aliphatic rings. The quantitative estimate of drug-likeness (QED) is 0.365. The molecule has 4 aromatic carbocycles. The molecule has 23 heavy (non-hydrogen) atoms. The second-order valence-corrected chi connectivity index (χ2v) is 6.17. The van der Waals surface area contributed by atoms with Gasteiger partial charge in [-0.2, -0.15) is 0 Å². The molecule has 0 amide bonds. The Morgan fingerprint density at radius 1 is 0.565 bits per heavy atom. The molecule has 5 rings (SSSR count). The summed E-state index contributed by atoms with van der Waals surface area (Å²) in [5.74, 6) is 0. The molecule has 4 aromatic rings. The fourth-order valence-corrected chi connectivity index (χ4v) is 3.81. The van der Waals surface area contributed by atoms with Gasteiger partial charge in [0.1, 0.15) is 0 Å². The van der Waals surface area contributed by atoms with E-state index in [1.54, 1.807) is 0 Å². The summed E-state index contributed by atoms with van der Waals surface area (Å²) in [6, 6.07) is 26.3.